The number of aliphatic carboxylic acids is 1. The highest BCUT2D eigenvalue weighted by Gasteiger charge is 2.34. The Hall–Kier alpha value is -1.36. The molecule has 0 unspecified atom stereocenters. The Balaban J connectivity index is 2.06. The number of carbonyl (C=O) groups is 2. The molecule has 5 heteroatoms. The van der Waals surface area contributed by atoms with Gasteiger partial charge < -0.3 is 10.4 Å². The fourth-order valence-corrected chi connectivity index (χ4v) is 3.67. The SMILES string of the molecule is CCc1sc(C(=O)N[C@@H]2CCC[C@@H]2C(=O)O)cc1C. The molecule has 0 aromatic carbocycles. The van der Waals surface area contributed by atoms with E-state index >= 15 is 0 Å². The largest absolute Gasteiger partial charge is 0.481 e. The van der Waals surface area contributed by atoms with Gasteiger partial charge in [0, 0.05) is 10.9 Å². The summed E-state index contributed by atoms with van der Waals surface area (Å²) in [6, 6.07) is 1.67. The third-order valence-electron chi connectivity index (χ3n) is 3.72. The molecule has 2 atom stereocenters. The molecule has 2 N–H and O–H groups in total. The average molecular weight is 281 g/mol. The maximum absolute atomic E-state index is 12.2. The lowest BCUT2D eigenvalue weighted by Gasteiger charge is -2.16. The quantitative estimate of drug-likeness (QED) is 0.891. The van der Waals surface area contributed by atoms with Crippen molar-refractivity contribution in [1.29, 1.82) is 0 Å². The minimum absolute atomic E-state index is 0.133. The predicted octanol–water partition coefficient (Wildman–Crippen LogP) is 2.60. The fraction of sp³-hybridized carbons (Fsp3) is 0.571. The second-order valence-electron chi connectivity index (χ2n) is 5.03. The Morgan fingerprint density at radius 3 is 2.79 bits per heavy atom. The maximum Gasteiger partial charge on any atom is 0.308 e. The van der Waals surface area contributed by atoms with Crippen LogP contribution in [-0.4, -0.2) is 23.0 Å². The minimum Gasteiger partial charge on any atom is -0.481 e. The molecule has 0 radical (unpaired) electrons. The summed E-state index contributed by atoms with van der Waals surface area (Å²) in [5, 5.41) is 12.0. The van der Waals surface area contributed by atoms with Gasteiger partial charge in [0.05, 0.1) is 10.8 Å². The second-order valence-corrected chi connectivity index (χ2v) is 6.16. The third kappa shape index (κ3) is 2.97. The van der Waals surface area contributed by atoms with Crippen molar-refractivity contribution in [2.24, 2.45) is 5.92 Å². The van der Waals surface area contributed by atoms with Gasteiger partial charge in [0.1, 0.15) is 0 Å². The molecule has 1 fully saturated rings. The van der Waals surface area contributed by atoms with Gasteiger partial charge in [-0.2, -0.15) is 0 Å². The zero-order valence-electron chi connectivity index (χ0n) is 11.2. The highest BCUT2D eigenvalue weighted by Crippen LogP contribution is 2.27. The van der Waals surface area contributed by atoms with Gasteiger partial charge in [-0.15, -0.1) is 11.3 Å². The Morgan fingerprint density at radius 1 is 1.47 bits per heavy atom. The summed E-state index contributed by atoms with van der Waals surface area (Å²) < 4.78 is 0. The molecule has 1 aliphatic rings. The molecule has 1 aromatic heterocycles. The Bertz CT molecular complexity index is 495. The van der Waals surface area contributed by atoms with Crippen LogP contribution in [0.2, 0.25) is 0 Å². The van der Waals surface area contributed by atoms with Crippen LogP contribution in [0.3, 0.4) is 0 Å². The van der Waals surface area contributed by atoms with E-state index in [9.17, 15) is 9.59 Å². The van der Waals surface area contributed by atoms with Crippen molar-refractivity contribution in [2.75, 3.05) is 0 Å². The molecule has 1 aliphatic carbocycles. The zero-order valence-corrected chi connectivity index (χ0v) is 12.0. The van der Waals surface area contributed by atoms with E-state index in [-0.39, 0.29) is 11.9 Å². The number of thiophene rings is 1. The number of carboxylic acid groups (broad SMARTS) is 1. The standard InChI is InChI=1S/C14H19NO3S/c1-3-11-8(2)7-12(19-11)13(16)15-10-6-4-5-9(10)14(17)18/h7,9-10H,3-6H2,1-2H3,(H,15,16)(H,17,18)/t9-,10+/m0/s1. The molecule has 2 rings (SSSR count). The molecular formula is C14H19NO3S. The smallest absolute Gasteiger partial charge is 0.308 e. The molecule has 1 aromatic rings. The number of carbonyl (C=O) groups excluding carboxylic acids is 1. The van der Waals surface area contributed by atoms with E-state index in [0.717, 1.165) is 24.8 Å². The first-order chi connectivity index (χ1) is 9.02. The van der Waals surface area contributed by atoms with E-state index in [4.69, 9.17) is 5.11 Å². The second kappa shape index (κ2) is 5.74. The number of amides is 1. The van der Waals surface area contributed by atoms with E-state index in [2.05, 4.69) is 12.2 Å². The summed E-state index contributed by atoms with van der Waals surface area (Å²) in [7, 11) is 0. The van der Waals surface area contributed by atoms with Crippen LogP contribution in [0.25, 0.3) is 0 Å². The van der Waals surface area contributed by atoms with Crippen molar-refractivity contribution in [1.82, 2.24) is 5.32 Å². The first-order valence-electron chi connectivity index (χ1n) is 6.66. The van der Waals surface area contributed by atoms with Crippen LogP contribution in [0.5, 0.6) is 0 Å². The molecule has 1 saturated carbocycles. The normalized spacial score (nSPS) is 22.4. The molecule has 0 spiro atoms. The van der Waals surface area contributed by atoms with Crippen molar-refractivity contribution in [3.05, 3.63) is 21.4 Å². The van der Waals surface area contributed by atoms with Gasteiger partial charge in [-0.05, 0) is 37.8 Å². The number of aryl methyl sites for hydroxylation is 2. The predicted molar refractivity (Wildman–Crippen MR) is 74.7 cm³/mol. The van der Waals surface area contributed by atoms with Crippen LogP contribution in [0.1, 0.15) is 46.3 Å². The topological polar surface area (TPSA) is 66.4 Å². The van der Waals surface area contributed by atoms with E-state index in [1.54, 1.807) is 0 Å². The van der Waals surface area contributed by atoms with Gasteiger partial charge in [-0.1, -0.05) is 13.3 Å². The van der Waals surface area contributed by atoms with Crippen molar-refractivity contribution in [3.63, 3.8) is 0 Å². The summed E-state index contributed by atoms with van der Waals surface area (Å²) in [4.78, 5) is 25.1. The number of hydrogen-bond donors (Lipinski definition) is 2. The lowest BCUT2D eigenvalue weighted by atomic mass is 10.0. The summed E-state index contributed by atoms with van der Waals surface area (Å²) in [6.07, 6.45) is 3.20. The van der Waals surface area contributed by atoms with Crippen LogP contribution in [-0.2, 0) is 11.2 Å². The fourth-order valence-electron chi connectivity index (χ4n) is 2.65. The molecule has 4 nitrogen and oxygen atoms in total. The maximum atomic E-state index is 12.2. The van der Waals surface area contributed by atoms with Crippen LogP contribution >= 0.6 is 11.3 Å². The number of carboxylic acids is 1. The van der Waals surface area contributed by atoms with E-state index in [1.165, 1.54) is 16.2 Å². The highest BCUT2D eigenvalue weighted by molar-refractivity contribution is 7.14. The number of nitrogens with one attached hydrogen (secondary N) is 1. The van der Waals surface area contributed by atoms with Crippen LogP contribution in [0.4, 0.5) is 0 Å². The van der Waals surface area contributed by atoms with E-state index in [1.807, 2.05) is 13.0 Å². The van der Waals surface area contributed by atoms with E-state index < -0.39 is 11.9 Å². The Labute approximate surface area is 116 Å². The molecule has 19 heavy (non-hydrogen) atoms. The first kappa shape index (κ1) is 14.1. The minimum atomic E-state index is -0.806. The summed E-state index contributed by atoms with van der Waals surface area (Å²) in [6.45, 7) is 4.07. The monoisotopic (exact) mass is 281 g/mol. The van der Waals surface area contributed by atoms with Gasteiger partial charge in [0.25, 0.3) is 5.91 Å². The van der Waals surface area contributed by atoms with Gasteiger partial charge in [-0.3, -0.25) is 9.59 Å². The average Bonchev–Trinajstić information content (AvgIpc) is 2.95. The van der Waals surface area contributed by atoms with Crippen molar-refractivity contribution in [3.8, 4) is 0 Å². The van der Waals surface area contributed by atoms with Crippen molar-refractivity contribution >= 4 is 23.2 Å². The summed E-state index contributed by atoms with van der Waals surface area (Å²) in [5.74, 6) is -1.37. The Morgan fingerprint density at radius 2 is 2.21 bits per heavy atom. The summed E-state index contributed by atoms with van der Waals surface area (Å²) >= 11 is 1.50. The lowest BCUT2D eigenvalue weighted by Crippen LogP contribution is -2.39. The van der Waals surface area contributed by atoms with Crippen LogP contribution in [0.15, 0.2) is 6.07 Å². The molecule has 0 bridgehead atoms. The third-order valence-corrected chi connectivity index (χ3v) is 5.10. The van der Waals surface area contributed by atoms with Gasteiger partial charge in [0.2, 0.25) is 0 Å². The van der Waals surface area contributed by atoms with Gasteiger partial charge >= 0.3 is 5.97 Å². The van der Waals surface area contributed by atoms with Crippen LogP contribution < -0.4 is 5.32 Å². The highest BCUT2D eigenvalue weighted by atomic mass is 32.1. The first-order valence-corrected chi connectivity index (χ1v) is 7.47. The van der Waals surface area contributed by atoms with Gasteiger partial charge in [-0.25, -0.2) is 0 Å². The molecule has 0 saturated heterocycles. The molecular weight excluding hydrogens is 262 g/mol. The van der Waals surface area contributed by atoms with Gasteiger partial charge in [0.15, 0.2) is 0 Å². The van der Waals surface area contributed by atoms with Crippen molar-refractivity contribution < 1.29 is 14.7 Å². The van der Waals surface area contributed by atoms with Crippen LogP contribution in [0, 0.1) is 12.8 Å². The Kier molecular flexibility index (Phi) is 4.24. The number of rotatable bonds is 4. The molecule has 1 heterocycles. The summed E-state index contributed by atoms with van der Waals surface area (Å²) in [5.41, 5.74) is 1.14. The lowest BCUT2D eigenvalue weighted by molar-refractivity contribution is -0.142. The van der Waals surface area contributed by atoms with E-state index in [0.29, 0.717) is 11.3 Å². The molecule has 104 valence electrons. The number of hydrogen-bond acceptors (Lipinski definition) is 3. The van der Waals surface area contributed by atoms with Crippen molar-refractivity contribution in [2.45, 2.75) is 45.6 Å². The zero-order chi connectivity index (χ0) is 14.0. The molecule has 1 amide bonds. The molecule has 0 aliphatic heterocycles.